The van der Waals surface area contributed by atoms with E-state index in [-0.39, 0.29) is 12.5 Å². The SMILES string of the molecule is CSc1ccc([C@H](O)CNC(=O)Cc2ccsc2)cc1. The number of thioether (sulfide) groups is 1. The first kappa shape index (κ1) is 15.1. The summed E-state index contributed by atoms with van der Waals surface area (Å²) in [5, 5.41) is 16.7. The van der Waals surface area contributed by atoms with Gasteiger partial charge in [0, 0.05) is 11.4 Å². The highest BCUT2D eigenvalue weighted by molar-refractivity contribution is 7.98. The number of rotatable bonds is 6. The number of amides is 1. The van der Waals surface area contributed by atoms with Gasteiger partial charge in [-0.25, -0.2) is 0 Å². The monoisotopic (exact) mass is 307 g/mol. The van der Waals surface area contributed by atoms with Crippen molar-refractivity contribution in [3.05, 3.63) is 52.2 Å². The predicted octanol–water partition coefficient (Wildman–Crippen LogP) is 2.86. The first-order valence-corrected chi connectivity index (χ1v) is 8.45. The molecule has 0 saturated heterocycles. The van der Waals surface area contributed by atoms with Crippen LogP contribution in [0.5, 0.6) is 0 Å². The molecule has 3 nitrogen and oxygen atoms in total. The summed E-state index contributed by atoms with van der Waals surface area (Å²) in [5.41, 5.74) is 1.82. The van der Waals surface area contributed by atoms with E-state index in [4.69, 9.17) is 0 Å². The summed E-state index contributed by atoms with van der Waals surface area (Å²) in [4.78, 5) is 12.9. The second-order valence-electron chi connectivity index (χ2n) is 4.40. The van der Waals surface area contributed by atoms with E-state index in [0.29, 0.717) is 6.42 Å². The third-order valence-electron chi connectivity index (χ3n) is 2.94. The van der Waals surface area contributed by atoms with Crippen LogP contribution in [0.25, 0.3) is 0 Å². The molecule has 2 aromatic rings. The number of benzene rings is 1. The minimum atomic E-state index is -0.669. The van der Waals surface area contributed by atoms with Crippen molar-refractivity contribution in [1.82, 2.24) is 5.32 Å². The third kappa shape index (κ3) is 4.37. The van der Waals surface area contributed by atoms with Crippen molar-refractivity contribution < 1.29 is 9.90 Å². The summed E-state index contributed by atoms with van der Waals surface area (Å²) in [6, 6.07) is 9.65. The average Bonchev–Trinajstić information content (AvgIpc) is 2.97. The Balaban J connectivity index is 1.81. The second-order valence-corrected chi connectivity index (χ2v) is 6.06. The minimum Gasteiger partial charge on any atom is -0.387 e. The molecular formula is C15H17NO2S2. The third-order valence-corrected chi connectivity index (χ3v) is 4.41. The average molecular weight is 307 g/mol. The Hall–Kier alpha value is -1.30. The molecule has 5 heteroatoms. The lowest BCUT2D eigenvalue weighted by atomic mass is 10.1. The van der Waals surface area contributed by atoms with Gasteiger partial charge in [-0.3, -0.25) is 4.79 Å². The molecule has 0 saturated carbocycles. The van der Waals surface area contributed by atoms with Gasteiger partial charge in [0.1, 0.15) is 0 Å². The molecule has 0 unspecified atom stereocenters. The molecule has 0 fully saturated rings. The zero-order valence-corrected chi connectivity index (χ0v) is 12.8. The van der Waals surface area contributed by atoms with Gasteiger partial charge < -0.3 is 10.4 Å². The number of nitrogens with one attached hydrogen (secondary N) is 1. The van der Waals surface area contributed by atoms with Crippen LogP contribution in [0.2, 0.25) is 0 Å². The van der Waals surface area contributed by atoms with Gasteiger partial charge in [0.05, 0.1) is 12.5 Å². The predicted molar refractivity (Wildman–Crippen MR) is 84.2 cm³/mol. The van der Waals surface area contributed by atoms with E-state index < -0.39 is 6.10 Å². The molecule has 2 rings (SSSR count). The summed E-state index contributed by atoms with van der Waals surface area (Å²) in [6.07, 6.45) is 1.70. The molecule has 0 aliphatic heterocycles. The largest absolute Gasteiger partial charge is 0.387 e. The highest BCUT2D eigenvalue weighted by Gasteiger charge is 2.10. The van der Waals surface area contributed by atoms with Crippen LogP contribution in [0.1, 0.15) is 17.2 Å². The van der Waals surface area contributed by atoms with E-state index in [9.17, 15) is 9.90 Å². The van der Waals surface area contributed by atoms with Gasteiger partial charge in [0.15, 0.2) is 0 Å². The van der Waals surface area contributed by atoms with Crippen molar-refractivity contribution in [3.63, 3.8) is 0 Å². The molecule has 2 N–H and O–H groups in total. The summed E-state index contributed by atoms with van der Waals surface area (Å²) in [5.74, 6) is -0.0665. The Labute approximate surface area is 127 Å². The maximum atomic E-state index is 11.7. The Kier molecular flexibility index (Phi) is 5.64. The van der Waals surface area contributed by atoms with Crippen molar-refractivity contribution in [2.75, 3.05) is 12.8 Å². The van der Waals surface area contributed by atoms with Crippen molar-refractivity contribution in [1.29, 1.82) is 0 Å². The number of carbonyl (C=O) groups is 1. The summed E-state index contributed by atoms with van der Waals surface area (Å²) < 4.78 is 0. The molecule has 0 spiro atoms. The highest BCUT2D eigenvalue weighted by Crippen LogP contribution is 2.18. The molecule has 1 amide bonds. The Morgan fingerprint density at radius 1 is 1.35 bits per heavy atom. The Morgan fingerprint density at radius 2 is 2.10 bits per heavy atom. The molecule has 106 valence electrons. The molecule has 0 radical (unpaired) electrons. The highest BCUT2D eigenvalue weighted by atomic mass is 32.2. The van der Waals surface area contributed by atoms with Crippen molar-refractivity contribution in [2.24, 2.45) is 0 Å². The lowest BCUT2D eigenvalue weighted by molar-refractivity contribution is -0.120. The lowest BCUT2D eigenvalue weighted by Crippen LogP contribution is -2.29. The first-order chi connectivity index (χ1) is 9.69. The van der Waals surface area contributed by atoms with Crippen molar-refractivity contribution >= 4 is 29.0 Å². The van der Waals surface area contributed by atoms with Gasteiger partial charge >= 0.3 is 0 Å². The number of hydrogen-bond acceptors (Lipinski definition) is 4. The number of thiophene rings is 1. The standard InChI is InChI=1S/C15H17NO2S2/c1-19-13-4-2-12(3-5-13)14(17)9-16-15(18)8-11-6-7-20-10-11/h2-7,10,14,17H,8-9H2,1H3,(H,16,18)/t14-/m1/s1. The van der Waals surface area contributed by atoms with Crippen LogP contribution < -0.4 is 5.32 Å². The minimum absolute atomic E-state index is 0.0665. The second kappa shape index (κ2) is 7.47. The van der Waals surface area contributed by atoms with Crippen LogP contribution in [0.4, 0.5) is 0 Å². The lowest BCUT2D eigenvalue weighted by Gasteiger charge is -2.12. The van der Waals surface area contributed by atoms with Gasteiger partial charge in [0.2, 0.25) is 5.91 Å². The van der Waals surface area contributed by atoms with E-state index >= 15 is 0 Å². The maximum Gasteiger partial charge on any atom is 0.224 e. The van der Waals surface area contributed by atoms with Crippen LogP contribution in [0.15, 0.2) is 46.0 Å². The quantitative estimate of drug-likeness (QED) is 0.807. The number of aliphatic hydroxyl groups is 1. The molecule has 1 atom stereocenters. The van der Waals surface area contributed by atoms with E-state index in [1.165, 1.54) is 0 Å². The van der Waals surface area contributed by atoms with Gasteiger partial charge in [-0.05, 0) is 46.3 Å². The zero-order chi connectivity index (χ0) is 14.4. The number of carbonyl (C=O) groups excluding carboxylic acids is 1. The van der Waals surface area contributed by atoms with Crippen LogP contribution in [0, 0.1) is 0 Å². The molecule has 0 aliphatic rings. The summed E-state index contributed by atoms with van der Waals surface area (Å²) in [6.45, 7) is 0.238. The fourth-order valence-corrected chi connectivity index (χ4v) is 2.87. The van der Waals surface area contributed by atoms with E-state index in [0.717, 1.165) is 16.0 Å². The molecule has 0 aliphatic carbocycles. The van der Waals surface area contributed by atoms with Crippen molar-refractivity contribution in [3.8, 4) is 0 Å². The summed E-state index contributed by atoms with van der Waals surface area (Å²) in [7, 11) is 0. The Bertz CT molecular complexity index is 538. The normalized spacial score (nSPS) is 12.1. The molecule has 1 heterocycles. The Morgan fingerprint density at radius 3 is 2.70 bits per heavy atom. The maximum absolute atomic E-state index is 11.7. The molecule has 20 heavy (non-hydrogen) atoms. The van der Waals surface area contributed by atoms with Crippen LogP contribution >= 0.6 is 23.1 Å². The first-order valence-electron chi connectivity index (χ1n) is 6.29. The smallest absolute Gasteiger partial charge is 0.224 e. The van der Waals surface area contributed by atoms with Gasteiger partial charge in [-0.15, -0.1) is 11.8 Å². The van der Waals surface area contributed by atoms with Gasteiger partial charge in [-0.2, -0.15) is 11.3 Å². The van der Waals surface area contributed by atoms with Crippen LogP contribution in [-0.4, -0.2) is 23.8 Å². The van der Waals surface area contributed by atoms with E-state index in [1.54, 1.807) is 23.1 Å². The molecule has 1 aromatic carbocycles. The van der Waals surface area contributed by atoms with Gasteiger partial charge in [-0.1, -0.05) is 12.1 Å². The number of hydrogen-bond donors (Lipinski definition) is 2. The molecule has 1 aromatic heterocycles. The van der Waals surface area contributed by atoms with Crippen LogP contribution in [-0.2, 0) is 11.2 Å². The zero-order valence-electron chi connectivity index (χ0n) is 11.2. The molecule has 0 bridgehead atoms. The number of aliphatic hydroxyl groups excluding tert-OH is 1. The van der Waals surface area contributed by atoms with Crippen LogP contribution in [0.3, 0.4) is 0 Å². The van der Waals surface area contributed by atoms with E-state index in [2.05, 4.69) is 5.32 Å². The summed E-state index contributed by atoms with van der Waals surface area (Å²) >= 11 is 3.23. The topological polar surface area (TPSA) is 49.3 Å². The van der Waals surface area contributed by atoms with E-state index in [1.807, 2.05) is 47.3 Å². The fourth-order valence-electron chi connectivity index (χ4n) is 1.80. The molecular weight excluding hydrogens is 290 g/mol. The van der Waals surface area contributed by atoms with Crippen molar-refractivity contribution in [2.45, 2.75) is 17.4 Å². The fraction of sp³-hybridized carbons (Fsp3) is 0.267. The van der Waals surface area contributed by atoms with Gasteiger partial charge in [0.25, 0.3) is 0 Å².